The molecule has 0 spiro atoms. The Kier molecular flexibility index (Phi) is 3.01. The summed E-state index contributed by atoms with van der Waals surface area (Å²) in [6.45, 7) is 11.2. The first-order chi connectivity index (χ1) is 6.17. The van der Waals surface area contributed by atoms with Crippen molar-refractivity contribution < 1.29 is 4.42 Å². The van der Waals surface area contributed by atoms with Crippen LogP contribution in [0.4, 0.5) is 5.82 Å². The minimum atomic E-state index is 0.522. The molecule has 3 nitrogen and oxygen atoms in total. The van der Waals surface area contributed by atoms with E-state index in [2.05, 4.69) is 37.1 Å². The summed E-state index contributed by atoms with van der Waals surface area (Å²) in [5.74, 6) is 2.36. The van der Waals surface area contributed by atoms with Gasteiger partial charge in [0.15, 0.2) is 17.5 Å². The van der Waals surface area contributed by atoms with E-state index in [4.69, 9.17) is 4.42 Å². The van der Waals surface area contributed by atoms with Gasteiger partial charge in [-0.1, -0.05) is 20.4 Å². The molecule has 0 aliphatic heterocycles. The summed E-state index contributed by atoms with van der Waals surface area (Å²) < 4.78 is 5.40. The summed E-state index contributed by atoms with van der Waals surface area (Å²) in [5.41, 5.74) is 0. The fraction of sp³-hybridized carbons (Fsp3) is 0.400. The predicted octanol–water partition coefficient (Wildman–Crippen LogP) is 2.85. The second-order valence-electron chi connectivity index (χ2n) is 3.26. The molecule has 0 amide bonds. The lowest BCUT2D eigenvalue weighted by molar-refractivity contribution is 0.452. The van der Waals surface area contributed by atoms with E-state index in [-0.39, 0.29) is 0 Å². The summed E-state index contributed by atoms with van der Waals surface area (Å²) in [5, 5.41) is 0. The van der Waals surface area contributed by atoms with Gasteiger partial charge in [0.1, 0.15) is 0 Å². The van der Waals surface area contributed by atoms with Crippen molar-refractivity contribution in [2.75, 3.05) is 0 Å². The molecule has 1 aromatic heterocycles. The smallest absolute Gasteiger partial charge is 0.198 e. The molecule has 0 saturated carbocycles. The van der Waals surface area contributed by atoms with Gasteiger partial charge < -0.3 is 4.42 Å². The van der Waals surface area contributed by atoms with Crippen LogP contribution in [0.5, 0.6) is 0 Å². The van der Waals surface area contributed by atoms with E-state index < -0.39 is 0 Å². The number of aliphatic imine (C=N–C) groups is 1. The number of rotatable bonds is 4. The quantitative estimate of drug-likeness (QED) is 0.665. The van der Waals surface area contributed by atoms with Crippen molar-refractivity contribution in [1.29, 1.82) is 0 Å². The maximum absolute atomic E-state index is 5.40. The third-order valence-electron chi connectivity index (χ3n) is 1.60. The number of oxazole rings is 1. The first-order valence-electron chi connectivity index (χ1n) is 4.26. The van der Waals surface area contributed by atoms with Crippen LogP contribution in [0, 0.1) is 5.92 Å². The van der Waals surface area contributed by atoms with Crippen molar-refractivity contribution in [2.24, 2.45) is 10.9 Å². The van der Waals surface area contributed by atoms with E-state index in [1.54, 1.807) is 6.08 Å². The Balaban J connectivity index is 2.92. The van der Waals surface area contributed by atoms with Crippen molar-refractivity contribution in [3.63, 3.8) is 0 Å². The molecule has 0 radical (unpaired) electrons. The molecule has 0 aliphatic rings. The number of hydrogen-bond acceptors (Lipinski definition) is 3. The number of hydrogen-bond donors (Lipinski definition) is 0. The van der Waals surface area contributed by atoms with Crippen molar-refractivity contribution in [1.82, 2.24) is 4.98 Å². The molecular formula is C10H14N2O. The highest BCUT2D eigenvalue weighted by Crippen LogP contribution is 2.21. The lowest BCUT2D eigenvalue weighted by atomic mass is 10.1. The lowest BCUT2D eigenvalue weighted by Crippen LogP contribution is -1.93. The van der Waals surface area contributed by atoms with Gasteiger partial charge in [0.25, 0.3) is 0 Å². The van der Waals surface area contributed by atoms with Crippen LogP contribution in [0.15, 0.2) is 16.0 Å². The van der Waals surface area contributed by atoms with Crippen LogP contribution < -0.4 is 0 Å². The minimum Gasteiger partial charge on any atom is -0.439 e. The van der Waals surface area contributed by atoms with E-state index in [0.717, 1.165) is 6.42 Å². The van der Waals surface area contributed by atoms with Crippen LogP contribution in [0.2, 0.25) is 0 Å². The number of aromatic nitrogens is 1. The zero-order valence-electron chi connectivity index (χ0n) is 8.08. The van der Waals surface area contributed by atoms with Crippen molar-refractivity contribution in [3.05, 3.63) is 18.2 Å². The number of nitrogens with zero attached hydrogens (tertiary/aromatic N) is 2. The molecule has 3 heteroatoms. The summed E-state index contributed by atoms with van der Waals surface area (Å²) in [6, 6.07) is 0. The lowest BCUT2D eigenvalue weighted by Gasteiger charge is -1.96. The van der Waals surface area contributed by atoms with E-state index >= 15 is 0 Å². The zero-order valence-corrected chi connectivity index (χ0v) is 8.08. The zero-order chi connectivity index (χ0) is 9.84. The summed E-state index contributed by atoms with van der Waals surface area (Å²) >= 11 is 0. The topological polar surface area (TPSA) is 38.4 Å². The molecule has 0 unspecified atom stereocenters. The summed E-state index contributed by atoms with van der Waals surface area (Å²) in [4.78, 5) is 7.92. The Hall–Kier alpha value is -1.38. The molecule has 0 saturated heterocycles. The Morgan fingerprint density at radius 2 is 2.31 bits per heavy atom. The molecule has 0 aliphatic carbocycles. The first-order valence-corrected chi connectivity index (χ1v) is 4.26. The van der Waals surface area contributed by atoms with Crippen LogP contribution in [-0.4, -0.2) is 11.7 Å². The molecule has 0 aromatic carbocycles. The van der Waals surface area contributed by atoms with Gasteiger partial charge in [-0.05, 0) is 18.7 Å². The summed E-state index contributed by atoms with van der Waals surface area (Å²) in [7, 11) is 0. The molecule has 0 fully saturated rings. The van der Waals surface area contributed by atoms with E-state index in [1.165, 1.54) is 0 Å². The Morgan fingerprint density at radius 1 is 1.62 bits per heavy atom. The largest absolute Gasteiger partial charge is 0.439 e. The van der Waals surface area contributed by atoms with Crippen LogP contribution in [-0.2, 0) is 6.42 Å². The molecule has 1 rings (SSSR count). The molecule has 1 heterocycles. The third kappa shape index (κ3) is 2.28. The van der Waals surface area contributed by atoms with Crippen molar-refractivity contribution in [2.45, 2.75) is 20.3 Å². The van der Waals surface area contributed by atoms with Crippen LogP contribution in [0.3, 0.4) is 0 Å². The van der Waals surface area contributed by atoms with Crippen LogP contribution in [0.25, 0.3) is 6.08 Å². The van der Waals surface area contributed by atoms with E-state index in [1.807, 2.05) is 0 Å². The first kappa shape index (κ1) is 9.71. The highest BCUT2D eigenvalue weighted by Gasteiger charge is 2.09. The fourth-order valence-electron chi connectivity index (χ4n) is 1.05. The normalized spacial score (nSPS) is 10.4. The van der Waals surface area contributed by atoms with Gasteiger partial charge in [-0.2, -0.15) is 4.98 Å². The minimum absolute atomic E-state index is 0.522. The Bertz CT molecular complexity index is 287. The highest BCUT2D eigenvalue weighted by atomic mass is 16.4. The third-order valence-corrected chi connectivity index (χ3v) is 1.60. The fourth-order valence-corrected chi connectivity index (χ4v) is 1.05. The van der Waals surface area contributed by atoms with Gasteiger partial charge in [-0.15, -0.1) is 0 Å². The average Bonchev–Trinajstić information content (AvgIpc) is 2.45. The summed E-state index contributed by atoms with van der Waals surface area (Å²) in [6.07, 6.45) is 2.41. The molecular weight excluding hydrogens is 164 g/mol. The van der Waals surface area contributed by atoms with Crippen LogP contribution in [0.1, 0.15) is 25.5 Å². The molecule has 0 N–H and O–H groups in total. The Labute approximate surface area is 78.2 Å². The monoisotopic (exact) mass is 178 g/mol. The van der Waals surface area contributed by atoms with Gasteiger partial charge in [-0.3, -0.25) is 0 Å². The second-order valence-corrected chi connectivity index (χ2v) is 3.26. The van der Waals surface area contributed by atoms with Gasteiger partial charge >= 0.3 is 0 Å². The maximum Gasteiger partial charge on any atom is 0.198 e. The van der Waals surface area contributed by atoms with E-state index in [9.17, 15) is 0 Å². The maximum atomic E-state index is 5.40. The standard InChI is InChI=1S/C10H14N2O/c1-5-8-10(11-4)12-9(13-8)6-7(2)3/h5,7H,1,4,6H2,2-3H3. The van der Waals surface area contributed by atoms with Gasteiger partial charge in [0.2, 0.25) is 0 Å². The SMILES string of the molecule is C=Cc1oc(CC(C)C)nc1N=C. The van der Waals surface area contributed by atoms with Crippen molar-refractivity contribution >= 4 is 18.6 Å². The molecule has 70 valence electrons. The highest BCUT2D eigenvalue weighted by molar-refractivity contribution is 5.56. The molecule has 0 atom stereocenters. The molecule has 0 bridgehead atoms. The molecule has 1 aromatic rings. The second kappa shape index (κ2) is 4.03. The van der Waals surface area contributed by atoms with Crippen LogP contribution >= 0.6 is 0 Å². The van der Waals surface area contributed by atoms with Crippen molar-refractivity contribution in [3.8, 4) is 0 Å². The average molecular weight is 178 g/mol. The van der Waals surface area contributed by atoms with E-state index in [0.29, 0.717) is 23.4 Å². The molecule has 13 heavy (non-hydrogen) atoms. The van der Waals surface area contributed by atoms with Gasteiger partial charge in [0, 0.05) is 6.42 Å². The Morgan fingerprint density at radius 3 is 2.69 bits per heavy atom. The predicted molar refractivity (Wildman–Crippen MR) is 54.3 cm³/mol. The van der Waals surface area contributed by atoms with Gasteiger partial charge in [-0.25, -0.2) is 4.99 Å². The van der Waals surface area contributed by atoms with Gasteiger partial charge in [0.05, 0.1) is 0 Å².